The van der Waals surface area contributed by atoms with Crippen molar-refractivity contribution in [3.8, 4) is 5.69 Å². The Morgan fingerprint density at radius 2 is 1.67 bits per heavy atom. The molecule has 2 amide bonds. The first kappa shape index (κ1) is 33.6. The van der Waals surface area contributed by atoms with Gasteiger partial charge in [-0.15, -0.1) is 21.5 Å². The Kier molecular flexibility index (Phi) is 11.3. The minimum Gasteiger partial charge on any atom is -0.462 e. The fraction of sp³-hybridized carbons (Fsp3) is 0.241. The number of thioether (sulfide) groups is 1. The maximum absolute atomic E-state index is 14.2. The van der Waals surface area contributed by atoms with E-state index >= 15 is 0 Å². The highest BCUT2D eigenvalue weighted by Gasteiger charge is 2.28. The zero-order chi connectivity index (χ0) is 32.7. The number of halogens is 3. The van der Waals surface area contributed by atoms with Gasteiger partial charge in [-0.2, -0.15) is 0 Å². The zero-order valence-corrected chi connectivity index (χ0v) is 26.5. The van der Waals surface area contributed by atoms with Gasteiger partial charge in [0, 0.05) is 5.69 Å². The molecule has 11 nitrogen and oxygen atoms in total. The summed E-state index contributed by atoms with van der Waals surface area (Å²) in [6.45, 7) is 4.84. The lowest BCUT2D eigenvalue weighted by atomic mass is 10.1. The molecule has 2 N–H and O–H groups in total. The quantitative estimate of drug-likeness (QED) is 0.145. The van der Waals surface area contributed by atoms with E-state index in [0.717, 1.165) is 29.2 Å². The predicted octanol–water partition coefficient (Wildman–Crippen LogP) is 5.58. The standard InChI is InChI=1S/C29H26ClF2N5O6S2/c1-4-42-27(40)22-15(3)24(28(41)43-5-2)45-26(22)34-21(38)14-44-29-36-35-20(37(29)17-11-9-16(31)10-12-17)13-33-25(39)23-18(30)7-6-8-19(23)32/h6-12H,4-5,13-14H2,1-3H3,(H,33,39)(H,34,38). The number of hydrogen-bond donors (Lipinski definition) is 2. The molecule has 4 rings (SSSR count). The van der Waals surface area contributed by atoms with E-state index in [1.165, 1.54) is 41.0 Å². The van der Waals surface area contributed by atoms with Crippen molar-refractivity contribution in [1.82, 2.24) is 20.1 Å². The monoisotopic (exact) mass is 677 g/mol. The van der Waals surface area contributed by atoms with Crippen LogP contribution in [0.3, 0.4) is 0 Å². The van der Waals surface area contributed by atoms with Gasteiger partial charge in [-0.25, -0.2) is 18.4 Å². The van der Waals surface area contributed by atoms with Crippen LogP contribution in [0.25, 0.3) is 5.69 Å². The molecule has 0 fully saturated rings. The molecule has 0 saturated heterocycles. The van der Waals surface area contributed by atoms with Gasteiger partial charge >= 0.3 is 11.9 Å². The van der Waals surface area contributed by atoms with Crippen LogP contribution in [0.15, 0.2) is 47.6 Å². The Morgan fingerprint density at radius 3 is 2.33 bits per heavy atom. The summed E-state index contributed by atoms with van der Waals surface area (Å²) in [5.41, 5.74) is 0.454. The van der Waals surface area contributed by atoms with Gasteiger partial charge in [-0.3, -0.25) is 14.2 Å². The number of ether oxygens (including phenoxy) is 2. The van der Waals surface area contributed by atoms with Crippen LogP contribution in [0.2, 0.25) is 5.02 Å². The third-order valence-electron chi connectivity index (χ3n) is 6.05. The summed E-state index contributed by atoms with van der Waals surface area (Å²) in [7, 11) is 0. The normalized spacial score (nSPS) is 10.8. The smallest absolute Gasteiger partial charge is 0.348 e. The second-order valence-corrected chi connectivity index (χ2v) is 11.4. The number of anilines is 1. The Morgan fingerprint density at radius 1 is 0.978 bits per heavy atom. The van der Waals surface area contributed by atoms with Crippen LogP contribution in [-0.2, 0) is 20.8 Å². The van der Waals surface area contributed by atoms with Crippen LogP contribution in [0, 0.1) is 18.6 Å². The number of aromatic nitrogens is 3. The van der Waals surface area contributed by atoms with Gasteiger partial charge in [0.05, 0.1) is 41.7 Å². The van der Waals surface area contributed by atoms with E-state index in [1.54, 1.807) is 20.8 Å². The Hall–Kier alpha value is -4.34. The molecule has 2 aromatic heterocycles. The molecule has 236 valence electrons. The average molecular weight is 678 g/mol. The van der Waals surface area contributed by atoms with Gasteiger partial charge in [0.25, 0.3) is 5.91 Å². The first-order valence-electron chi connectivity index (χ1n) is 13.4. The molecule has 0 bridgehead atoms. The van der Waals surface area contributed by atoms with Gasteiger partial charge in [0.15, 0.2) is 11.0 Å². The Bertz CT molecular complexity index is 1730. The molecule has 16 heteroatoms. The van der Waals surface area contributed by atoms with Crippen molar-refractivity contribution < 1.29 is 37.4 Å². The van der Waals surface area contributed by atoms with Crippen molar-refractivity contribution in [2.24, 2.45) is 0 Å². The zero-order valence-electron chi connectivity index (χ0n) is 24.1. The topological polar surface area (TPSA) is 142 Å². The molecule has 0 saturated carbocycles. The molecule has 0 spiro atoms. The highest BCUT2D eigenvalue weighted by atomic mass is 35.5. The molecule has 0 aliphatic rings. The van der Waals surface area contributed by atoms with Crippen LogP contribution < -0.4 is 10.6 Å². The van der Waals surface area contributed by atoms with E-state index in [2.05, 4.69) is 20.8 Å². The van der Waals surface area contributed by atoms with Crippen LogP contribution >= 0.6 is 34.7 Å². The molecule has 0 aliphatic carbocycles. The average Bonchev–Trinajstić information content (AvgIpc) is 3.55. The first-order chi connectivity index (χ1) is 21.5. The highest BCUT2D eigenvalue weighted by Crippen LogP contribution is 2.35. The maximum atomic E-state index is 14.2. The van der Waals surface area contributed by atoms with Gasteiger partial charge in [0.2, 0.25) is 5.91 Å². The number of nitrogens with zero attached hydrogens (tertiary/aromatic N) is 3. The van der Waals surface area contributed by atoms with E-state index in [9.17, 15) is 28.0 Å². The molecular formula is C29H26ClF2N5O6S2. The van der Waals surface area contributed by atoms with Crippen LogP contribution in [0.5, 0.6) is 0 Å². The van der Waals surface area contributed by atoms with Gasteiger partial charge in [-0.1, -0.05) is 29.4 Å². The summed E-state index contributed by atoms with van der Waals surface area (Å²) < 4.78 is 39.6. The fourth-order valence-electron chi connectivity index (χ4n) is 4.05. The number of thiophene rings is 1. The molecule has 2 heterocycles. The number of carbonyl (C=O) groups excluding carboxylic acids is 4. The van der Waals surface area contributed by atoms with E-state index < -0.39 is 35.4 Å². The van der Waals surface area contributed by atoms with Crippen LogP contribution in [0.1, 0.15) is 55.6 Å². The van der Waals surface area contributed by atoms with Crippen molar-refractivity contribution >= 4 is 63.5 Å². The molecule has 2 aromatic carbocycles. The van der Waals surface area contributed by atoms with Crippen molar-refractivity contribution in [3.05, 3.63) is 86.5 Å². The number of carbonyl (C=O) groups is 4. The molecule has 45 heavy (non-hydrogen) atoms. The maximum Gasteiger partial charge on any atom is 0.348 e. The summed E-state index contributed by atoms with van der Waals surface area (Å²) >= 11 is 7.86. The Balaban J connectivity index is 1.55. The molecule has 4 aromatic rings. The number of rotatable bonds is 12. The number of benzene rings is 2. The van der Waals surface area contributed by atoms with E-state index in [1.807, 2.05) is 0 Å². The number of hydrogen-bond acceptors (Lipinski definition) is 10. The molecule has 0 radical (unpaired) electrons. The van der Waals surface area contributed by atoms with Gasteiger partial charge in [0.1, 0.15) is 21.5 Å². The van der Waals surface area contributed by atoms with Crippen molar-refractivity contribution in [2.75, 3.05) is 24.3 Å². The number of amides is 2. The SMILES string of the molecule is CCOC(=O)c1sc(NC(=O)CSc2nnc(CNC(=O)c3c(F)cccc3Cl)n2-c2ccc(F)cc2)c(C(=O)OCC)c1C. The van der Waals surface area contributed by atoms with E-state index in [0.29, 0.717) is 11.3 Å². The summed E-state index contributed by atoms with van der Waals surface area (Å²) in [5, 5.41) is 13.7. The summed E-state index contributed by atoms with van der Waals surface area (Å²) in [4.78, 5) is 51.0. The van der Waals surface area contributed by atoms with Crippen LogP contribution in [-0.4, -0.2) is 57.5 Å². The summed E-state index contributed by atoms with van der Waals surface area (Å²) in [5.74, 6) is -3.98. The predicted molar refractivity (Wildman–Crippen MR) is 164 cm³/mol. The van der Waals surface area contributed by atoms with Crippen molar-refractivity contribution in [2.45, 2.75) is 32.5 Å². The molecule has 0 atom stereocenters. The minimum atomic E-state index is -0.802. The third-order valence-corrected chi connectivity index (χ3v) is 8.49. The second kappa shape index (κ2) is 15.1. The van der Waals surface area contributed by atoms with E-state index in [-0.39, 0.29) is 62.5 Å². The fourth-order valence-corrected chi connectivity index (χ4v) is 6.18. The first-order valence-corrected chi connectivity index (χ1v) is 15.6. The third kappa shape index (κ3) is 7.85. The largest absolute Gasteiger partial charge is 0.462 e. The molecule has 0 aliphatic heterocycles. The number of esters is 2. The molecule has 0 unspecified atom stereocenters. The van der Waals surface area contributed by atoms with Crippen molar-refractivity contribution in [3.63, 3.8) is 0 Å². The Labute approximate surface area is 269 Å². The van der Waals surface area contributed by atoms with Crippen LogP contribution in [0.4, 0.5) is 13.8 Å². The highest BCUT2D eigenvalue weighted by molar-refractivity contribution is 7.99. The van der Waals surface area contributed by atoms with Gasteiger partial charge in [-0.05, 0) is 62.7 Å². The van der Waals surface area contributed by atoms with E-state index in [4.69, 9.17) is 21.1 Å². The molecular weight excluding hydrogens is 652 g/mol. The number of nitrogens with one attached hydrogen (secondary N) is 2. The lowest BCUT2D eigenvalue weighted by Crippen LogP contribution is -2.26. The minimum absolute atomic E-state index is 0.0470. The van der Waals surface area contributed by atoms with Crippen molar-refractivity contribution in [1.29, 1.82) is 0 Å². The second-order valence-electron chi connectivity index (χ2n) is 9.03. The lowest BCUT2D eigenvalue weighted by Gasteiger charge is -2.12. The summed E-state index contributed by atoms with van der Waals surface area (Å²) in [6.07, 6.45) is 0. The summed E-state index contributed by atoms with van der Waals surface area (Å²) in [6, 6.07) is 9.20. The van der Waals surface area contributed by atoms with Gasteiger partial charge < -0.3 is 20.1 Å². The lowest BCUT2D eigenvalue weighted by molar-refractivity contribution is -0.113.